The zero-order chi connectivity index (χ0) is 13.5. The molecule has 0 saturated carbocycles. The van der Waals surface area contributed by atoms with E-state index in [4.69, 9.17) is 10.5 Å². The first-order valence-corrected chi connectivity index (χ1v) is 5.86. The lowest BCUT2D eigenvalue weighted by Crippen LogP contribution is -2.12. The molecule has 1 N–H and O–H groups in total. The number of hydrogen-bond acceptors (Lipinski definition) is 4. The molecule has 4 nitrogen and oxygen atoms in total. The molecule has 0 bridgehead atoms. The Morgan fingerprint density at radius 1 is 1.00 bits per heavy atom. The summed E-state index contributed by atoms with van der Waals surface area (Å²) < 4.78 is 0. The van der Waals surface area contributed by atoms with Gasteiger partial charge in [0, 0.05) is 19.3 Å². The van der Waals surface area contributed by atoms with Gasteiger partial charge in [0.25, 0.3) is 0 Å². The van der Waals surface area contributed by atoms with Gasteiger partial charge in [-0.3, -0.25) is 0 Å². The second-order valence-corrected chi connectivity index (χ2v) is 4.08. The topological polar surface area (TPSA) is 72.5 Å². The van der Waals surface area contributed by atoms with Gasteiger partial charge in [-0.15, -0.1) is 0 Å². The number of nitriles is 2. The van der Waals surface area contributed by atoms with Crippen LogP contribution in [0.4, 0.5) is 0 Å². The summed E-state index contributed by atoms with van der Waals surface area (Å²) in [6.07, 6.45) is 1.63. The van der Waals surface area contributed by atoms with Crippen LogP contribution in [0.25, 0.3) is 0 Å². The monoisotopic (exact) mass is 248 g/mol. The van der Waals surface area contributed by atoms with Crippen LogP contribution in [0.1, 0.15) is 22.4 Å². The van der Waals surface area contributed by atoms with Gasteiger partial charge in [0.2, 0.25) is 0 Å². The van der Waals surface area contributed by atoms with Crippen LogP contribution in [0.15, 0.2) is 42.6 Å². The van der Waals surface area contributed by atoms with Crippen molar-refractivity contribution in [1.82, 2.24) is 10.3 Å². The van der Waals surface area contributed by atoms with Crippen LogP contribution in [-0.4, -0.2) is 4.98 Å². The second-order valence-electron chi connectivity index (χ2n) is 4.08. The summed E-state index contributed by atoms with van der Waals surface area (Å²) in [5.74, 6) is 0. The number of hydrogen-bond donors (Lipinski definition) is 1. The van der Waals surface area contributed by atoms with Gasteiger partial charge in [-0.2, -0.15) is 10.5 Å². The molecule has 0 amide bonds. The number of nitrogens with one attached hydrogen (secondary N) is 1. The van der Waals surface area contributed by atoms with Crippen molar-refractivity contribution in [3.63, 3.8) is 0 Å². The Labute approximate surface area is 112 Å². The molecule has 0 fully saturated rings. The summed E-state index contributed by atoms with van der Waals surface area (Å²) in [5, 5.41) is 20.8. The van der Waals surface area contributed by atoms with Crippen LogP contribution >= 0.6 is 0 Å². The summed E-state index contributed by atoms with van der Waals surface area (Å²) in [5.41, 5.74) is 3.16. The van der Waals surface area contributed by atoms with Gasteiger partial charge in [-0.1, -0.05) is 12.1 Å². The van der Waals surface area contributed by atoms with Crippen LogP contribution in [0, 0.1) is 22.7 Å². The van der Waals surface area contributed by atoms with Crippen LogP contribution < -0.4 is 5.32 Å². The summed E-state index contributed by atoms with van der Waals surface area (Å²) in [6, 6.07) is 15.3. The third-order valence-electron chi connectivity index (χ3n) is 2.65. The van der Waals surface area contributed by atoms with Crippen molar-refractivity contribution in [1.29, 1.82) is 10.5 Å². The normalized spacial score (nSPS) is 9.58. The average molecular weight is 248 g/mol. The molecule has 0 atom stereocenters. The highest BCUT2D eigenvalue weighted by molar-refractivity contribution is 5.32. The van der Waals surface area contributed by atoms with E-state index < -0.39 is 0 Å². The minimum absolute atomic E-state index is 0.422. The van der Waals surface area contributed by atoms with Gasteiger partial charge >= 0.3 is 0 Å². The third-order valence-corrected chi connectivity index (χ3v) is 2.65. The van der Waals surface area contributed by atoms with E-state index in [9.17, 15) is 0 Å². The van der Waals surface area contributed by atoms with Gasteiger partial charge in [-0.05, 0) is 35.4 Å². The van der Waals surface area contributed by atoms with Crippen molar-refractivity contribution >= 4 is 0 Å². The van der Waals surface area contributed by atoms with E-state index in [1.165, 1.54) is 0 Å². The van der Waals surface area contributed by atoms with E-state index in [2.05, 4.69) is 16.4 Å². The van der Waals surface area contributed by atoms with E-state index in [1.54, 1.807) is 18.3 Å². The lowest BCUT2D eigenvalue weighted by atomic mass is 10.1. The van der Waals surface area contributed by atoms with Crippen molar-refractivity contribution in [3.8, 4) is 12.1 Å². The van der Waals surface area contributed by atoms with Gasteiger partial charge in [0.05, 0.1) is 11.6 Å². The molecular weight excluding hydrogens is 236 g/mol. The fourth-order valence-corrected chi connectivity index (χ4v) is 1.75. The molecule has 2 aromatic rings. The molecular formula is C15H12N4. The SMILES string of the molecule is N#Cc1cccc(CNCc2ccnc(C#N)c2)c1. The summed E-state index contributed by atoms with van der Waals surface area (Å²) >= 11 is 0. The van der Waals surface area contributed by atoms with Crippen LogP contribution in [0.3, 0.4) is 0 Å². The van der Waals surface area contributed by atoms with Crippen molar-refractivity contribution in [2.75, 3.05) is 0 Å². The molecule has 1 heterocycles. The van der Waals surface area contributed by atoms with Crippen LogP contribution in [0.2, 0.25) is 0 Å². The number of nitrogens with zero attached hydrogens (tertiary/aromatic N) is 3. The fraction of sp³-hybridized carbons (Fsp3) is 0.133. The standard InChI is InChI=1S/C15H12N4/c16-8-12-2-1-3-13(6-12)10-18-11-14-4-5-19-15(7-14)9-17/h1-7,18H,10-11H2. The maximum atomic E-state index is 8.82. The second kappa shape index (κ2) is 6.30. The minimum Gasteiger partial charge on any atom is -0.309 e. The highest BCUT2D eigenvalue weighted by Gasteiger charge is 1.98. The number of benzene rings is 1. The molecule has 0 saturated heterocycles. The Morgan fingerprint density at radius 3 is 2.53 bits per heavy atom. The Kier molecular flexibility index (Phi) is 4.23. The average Bonchev–Trinajstić information content (AvgIpc) is 2.48. The number of aromatic nitrogens is 1. The maximum absolute atomic E-state index is 8.82. The predicted octanol–water partition coefficient (Wildman–Crippen LogP) is 2.11. The highest BCUT2D eigenvalue weighted by atomic mass is 14.8. The molecule has 1 aromatic heterocycles. The number of pyridine rings is 1. The first-order chi connectivity index (χ1) is 9.31. The molecule has 0 aliphatic carbocycles. The first-order valence-electron chi connectivity index (χ1n) is 5.86. The number of rotatable bonds is 4. The largest absolute Gasteiger partial charge is 0.309 e. The lowest BCUT2D eigenvalue weighted by Gasteiger charge is -2.05. The Hall–Kier alpha value is -2.69. The summed E-state index contributed by atoms with van der Waals surface area (Å²) in [6.45, 7) is 1.34. The van der Waals surface area contributed by atoms with E-state index in [-0.39, 0.29) is 0 Å². The van der Waals surface area contributed by atoms with E-state index in [1.807, 2.05) is 30.3 Å². The molecule has 92 valence electrons. The van der Waals surface area contributed by atoms with E-state index in [0.717, 1.165) is 11.1 Å². The van der Waals surface area contributed by atoms with Gasteiger partial charge in [0.15, 0.2) is 0 Å². The lowest BCUT2D eigenvalue weighted by molar-refractivity contribution is 0.692. The molecule has 0 aliphatic rings. The van der Waals surface area contributed by atoms with E-state index >= 15 is 0 Å². The summed E-state index contributed by atoms with van der Waals surface area (Å²) in [4.78, 5) is 3.92. The van der Waals surface area contributed by atoms with E-state index in [0.29, 0.717) is 24.3 Å². The Morgan fingerprint density at radius 2 is 1.79 bits per heavy atom. The highest BCUT2D eigenvalue weighted by Crippen LogP contribution is 2.05. The summed E-state index contributed by atoms with van der Waals surface area (Å²) in [7, 11) is 0. The molecule has 4 heteroatoms. The van der Waals surface area contributed by atoms with Crippen molar-refractivity contribution < 1.29 is 0 Å². The van der Waals surface area contributed by atoms with Crippen molar-refractivity contribution in [2.45, 2.75) is 13.1 Å². The van der Waals surface area contributed by atoms with Crippen molar-refractivity contribution in [3.05, 3.63) is 65.0 Å². The third kappa shape index (κ3) is 3.64. The zero-order valence-corrected chi connectivity index (χ0v) is 10.3. The Balaban J connectivity index is 1.93. The van der Waals surface area contributed by atoms with Gasteiger partial charge in [-0.25, -0.2) is 4.98 Å². The van der Waals surface area contributed by atoms with Crippen LogP contribution in [-0.2, 0) is 13.1 Å². The Bertz CT molecular complexity index is 592. The quantitative estimate of drug-likeness (QED) is 0.899. The zero-order valence-electron chi connectivity index (χ0n) is 10.3. The maximum Gasteiger partial charge on any atom is 0.140 e. The molecule has 1 aromatic carbocycles. The molecule has 0 spiro atoms. The molecule has 19 heavy (non-hydrogen) atoms. The van der Waals surface area contributed by atoms with Crippen LogP contribution in [0.5, 0.6) is 0 Å². The molecule has 0 unspecified atom stereocenters. The first kappa shape index (κ1) is 12.8. The smallest absolute Gasteiger partial charge is 0.140 e. The molecule has 2 rings (SSSR count). The fourth-order valence-electron chi connectivity index (χ4n) is 1.75. The minimum atomic E-state index is 0.422. The van der Waals surface area contributed by atoms with Gasteiger partial charge in [0.1, 0.15) is 11.8 Å². The van der Waals surface area contributed by atoms with Gasteiger partial charge < -0.3 is 5.32 Å². The predicted molar refractivity (Wildman–Crippen MR) is 70.7 cm³/mol. The van der Waals surface area contributed by atoms with Crippen molar-refractivity contribution in [2.24, 2.45) is 0 Å². The molecule has 0 aliphatic heterocycles. The molecule has 0 radical (unpaired) electrons.